The number of hydrogen-bond acceptors (Lipinski definition) is 4. The Bertz CT molecular complexity index is 1160. The van der Waals surface area contributed by atoms with Crippen molar-refractivity contribution in [2.24, 2.45) is 0 Å². The first-order valence-corrected chi connectivity index (χ1v) is 12.9. The second-order valence-corrected chi connectivity index (χ2v) is 11.1. The maximum Gasteiger partial charge on any atom is 0.312 e. The van der Waals surface area contributed by atoms with Gasteiger partial charge in [0, 0.05) is 43.8 Å². The van der Waals surface area contributed by atoms with E-state index >= 15 is 0 Å². The molecule has 2 fully saturated rings. The van der Waals surface area contributed by atoms with E-state index in [4.69, 9.17) is 11.6 Å². The average molecular weight is 490 g/mol. The summed E-state index contributed by atoms with van der Waals surface area (Å²) in [6, 6.07) is 12.5. The minimum Gasteiger partial charge on any atom is -0.330 e. The van der Waals surface area contributed by atoms with Gasteiger partial charge in [0.25, 0.3) is 0 Å². The minimum atomic E-state index is -3.66. The van der Waals surface area contributed by atoms with Crippen LogP contribution in [0.25, 0.3) is 0 Å². The van der Waals surface area contributed by atoms with Gasteiger partial charge in [-0.15, -0.1) is 0 Å². The van der Waals surface area contributed by atoms with Crippen LogP contribution in [0, 0.1) is 13.8 Å². The van der Waals surface area contributed by atoms with E-state index in [1.165, 1.54) is 10.4 Å². The van der Waals surface area contributed by atoms with Crippen molar-refractivity contribution in [1.29, 1.82) is 0 Å². The minimum absolute atomic E-state index is 0.143. The molecule has 176 valence electrons. The summed E-state index contributed by atoms with van der Waals surface area (Å²) in [5.74, 6) is -0.994. The molecule has 0 aromatic heterocycles. The first-order chi connectivity index (χ1) is 15.7. The van der Waals surface area contributed by atoms with Gasteiger partial charge in [0.2, 0.25) is 10.0 Å². The van der Waals surface area contributed by atoms with E-state index in [1.54, 1.807) is 21.9 Å². The molecule has 33 heavy (non-hydrogen) atoms. The van der Waals surface area contributed by atoms with Crippen LogP contribution in [0.15, 0.2) is 47.4 Å². The monoisotopic (exact) mass is 489 g/mol. The molecule has 0 aliphatic carbocycles. The molecule has 4 rings (SSSR count). The smallest absolute Gasteiger partial charge is 0.312 e. The van der Waals surface area contributed by atoms with Crippen molar-refractivity contribution in [3.8, 4) is 0 Å². The average Bonchev–Trinajstić information content (AvgIpc) is 2.80. The summed E-state index contributed by atoms with van der Waals surface area (Å²) in [7, 11) is -3.66. The molecule has 0 spiro atoms. The van der Waals surface area contributed by atoms with Crippen LogP contribution in [0.2, 0.25) is 5.02 Å². The van der Waals surface area contributed by atoms with Crippen molar-refractivity contribution in [2.75, 3.05) is 26.2 Å². The van der Waals surface area contributed by atoms with Crippen LogP contribution >= 0.6 is 11.6 Å². The van der Waals surface area contributed by atoms with E-state index in [0.29, 0.717) is 50.6 Å². The van der Waals surface area contributed by atoms with Gasteiger partial charge in [-0.05, 0) is 49.9 Å². The van der Waals surface area contributed by atoms with Gasteiger partial charge in [-0.25, -0.2) is 8.42 Å². The zero-order valence-corrected chi connectivity index (χ0v) is 20.4. The van der Waals surface area contributed by atoms with Gasteiger partial charge < -0.3 is 9.80 Å². The lowest BCUT2D eigenvalue weighted by molar-refractivity contribution is -0.158. The fourth-order valence-corrected chi connectivity index (χ4v) is 6.12. The predicted octanol–water partition coefficient (Wildman–Crippen LogP) is 2.98. The molecular formula is C24H28ClN3O4S. The number of aryl methyl sites for hydroxylation is 2. The molecule has 0 atom stereocenters. The lowest BCUT2D eigenvalue weighted by atomic mass is 10.0. The molecule has 2 aliphatic heterocycles. The van der Waals surface area contributed by atoms with Crippen LogP contribution in [0.4, 0.5) is 0 Å². The second-order valence-electron chi connectivity index (χ2n) is 8.76. The van der Waals surface area contributed by atoms with Crippen molar-refractivity contribution >= 4 is 33.4 Å². The molecule has 2 aromatic rings. The van der Waals surface area contributed by atoms with Crippen LogP contribution < -0.4 is 0 Å². The first-order valence-electron chi connectivity index (χ1n) is 11.1. The SMILES string of the molecule is Cc1ccc(CN2CCN(C3CCN(S(=O)(=O)c4ccc(C)c(Cl)c4)CC3)C(=O)C2=O)cc1. The predicted molar refractivity (Wildman–Crippen MR) is 126 cm³/mol. The van der Waals surface area contributed by atoms with Crippen molar-refractivity contribution in [1.82, 2.24) is 14.1 Å². The van der Waals surface area contributed by atoms with Crippen molar-refractivity contribution in [2.45, 2.75) is 44.2 Å². The zero-order valence-electron chi connectivity index (χ0n) is 18.8. The number of carbonyl (C=O) groups is 2. The van der Waals surface area contributed by atoms with Crippen LogP contribution in [0.3, 0.4) is 0 Å². The second kappa shape index (κ2) is 9.44. The molecule has 0 N–H and O–H groups in total. The summed E-state index contributed by atoms with van der Waals surface area (Å²) < 4.78 is 27.5. The van der Waals surface area contributed by atoms with Gasteiger partial charge in [-0.2, -0.15) is 4.31 Å². The Hall–Kier alpha value is -2.42. The van der Waals surface area contributed by atoms with Gasteiger partial charge in [0.05, 0.1) is 4.90 Å². The summed E-state index contributed by atoms with van der Waals surface area (Å²) in [4.78, 5) is 29.0. The molecule has 2 heterocycles. The molecule has 2 saturated heterocycles. The van der Waals surface area contributed by atoms with E-state index < -0.39 is 21.8 Å². The molecule has 9 heteroatoms. The summed E-state index contributed by atoms with van der Waals surface area (Å²) >= 11 is 6.12. The summed E-state index contributed by atoms with van der Waals surface area (Å²) in [6.45, 7) is 5.76. The summed E-state index contributed by atoms with van der Waals surface area (Å²) in [6.07, 6.45) is 0.992. The van der Waals surface area contributed by atoms with E-state index in [2.05, 4.69) is 0 Å². The number of piperazine rings is 1. The Morgan fingerprint density at radius 2 is 1.58 bits per heavy atom. The van der Waals surface area contributed by atoms with Crippen molar-refractivity contribution in [3.63, 3.8) is 0 Å². The van der Waals surface area contributed by atoms with E-state index in [-0.39, 0.29) is 10.9 Å². The van der Waals surface area contributed by atoms with Crippen LogP contribution in [0.1, 0.15) is 29.5 Å². The highest BCUT2D eigenvalue weighted by atomic mass is 35.5. The molecule has 0 saturated carbocycles. The summed E-state index contributed by atoms with van der Waals surface area (Å²) in [5.41, 5.74) is 2.95. The van der Waals surface area contributed by atoms with E-state index in [0.717, 1.165) is 16.7 Å². The molecule has 2 amide bonds. The number of carbonyl (C=O) groups excluding carboxylic acids is 2. The lowest BCUT2D eigenvalue weighted by Gasteiger charge is -2.41. The van der Waals surface area contributed by atoms with Gasteiger partial charge in [0.1, 0.15) is 0 Å². The highest BCUT2D eigenvalue weighted by Gasteiger charge is 2.39. The Morgan fingerprint density at radius 3 is 2.21 bits per heavy atom. The third-order valence-electron chi connectivity index (χ3n) is 6.48. The third-order valence-corrected chi connectivity index (χ3v) is 8.78. The molecule has 7 nitrogen and oxygen atoms in total. The molecule has 0 unspecified atom stereocenters. The van der Waals surface area contributed by atoms with Crippen LogP contribution in [0.5, 0.6) is 0 Å². The number of halogens is 1. The van der Waals surface area contributed by atoms with Crippen molar-refractivity contribution < 1.29 is 18.0 Å². The van der Waals surface area contributed by atoms with E-state index in [1.807, 2.05) is 38.1 Å². The standard InChI is InChI=1S/C24H28ClN3O4S/c1-17-3-6-19(7-4-17)16-26-13-14-28(24(30)23(26)29)20-9-11-27(12-10-20)33(31,32)21-8-5-18(2)22(25)15-21/h3-8,15,20H,9-14,16H2,1-2H3. The van der Waals surface area contributed by atoms with Gasteiger partial charge in [0.15, 0.2) is 0 Å². The highest BCUT2D eigenvalue weighted by molar-refractivity contribution is 7.89. The Labute approximate surface area is 200 Å². The quantitative estimate of drug-likeness (QED) is 0.605. The maximum absolute atomic E-state index is 13.0. The number of amides is 2. The number of hydrogen-bond donors (Lipinski definition) is 0. The van der Waals surface area contributed by atoms with Crippen LogP contribution in [-0.2, 0) is 26.2 Å². The van der Waals surface area contributed by atoms with Gasteiger partial charge >= 0.3 is 11.8 Å². The number of nitrogens with zero attached hydrogens (tertiary/aromatic N) is 3. The highest BCUT2D eigenvalue weighted by Crippen LogP contribution is 2.27. The molecule has 0 bridgehead atoms. The number of sulfonamides is 1. The molecule has 0 radical (unpaired) electrons. The van der Waals surface area contributed by atoms with Gasteiger partial charge in [-0.3, -0.25) is 9.59 Å². The largest absolute Gasteiger partial charge is 0.330 e. The van der Waals surface area contributed by atoms with Crippen LogP contribution in [-0.4, -0.2) is 66.6 Å². The molecular weight excluding hydrogens is 462 g/mol. The Morgan fingerprint density at radius 1 is 0.909 bits per heavy atom. The van der Waals surface area contributed by atoms with Crippen molar-refractivity contribution in [3.05, 3.63) is 64.2 Å². The maximum atomic E-state index is 13.0. The van der Waals surface area contributed by atoms with Gasteiger partial charge in [-0.1, -0.05) is 47.5 Å². The summed E-state index contributed by atoms with van der Waals surface area (Å²) in [5, 5.41) is 0.415. The Kier molecular flexibility index (Phi) is 6.79. The topological polar surface area (TPSA) is 78.0 Å². The zero-order chi connectivity index (χ0) is 23.8. The first kappa shape index (κ1) is 23.7. The fourth-order valence-electron chi connectivity index (χ4n) is 4.38. The lowest BCUT2D eigenvalue weighted by Crippen LogP contribution is -2.58. The number of piperidine rings is 1. The normalized spacial score (nSPS) is 18.8. The third kappa shape index (κ3) is 4.93. The number of benzene rings is 2. The fraction of sp³-hybridized carbons (Fsp3) is 0.417. The molecule has 2 aliphatic rings. The molecule has 2 aromatic carbocycles. The number of rotatable bonds is 5. The Balaban J connectivity index is 1.37. The van der Waals surface area contributed by atoms with E-state index in [9.17, 15) is 18.0 Å².